The van der Waals surface area contributed by atoms with Crippen LogP contribution < -0.4 is 5.32 Å². The van der Waals surface area contributed by atoms with Crippen LogP contribution in [0.4, 0.5) is 0 Å². The number of likely N-dealkylation sites (N-methyl/N-ethyl adjacent to an activating group) is 1. The highest BCUT2D eigenvalue weighted by Gasteiger charge is 2.02. The lowest BCUT2D eigenvalue weighted by atomic mass is 10.1. The molecule has 0 aromatic heterocycles. The standard InChI is InChI=1S/C21H43NO6/c1-3-4-5-6-7-8-9-10-21(23)28-20-19-27-18-17-26-16-15-25-14-13-24-12-11-22-2/h22H,3-20H2,1-2H3. The zero-order valence-corrected chi connectivity index (χ0v) is 18.2. The van der Waals surface area contributed by atoms with Gasteiger partial charge in [-0.05, 0) is 13.5 Å². The second kappa shape index (κ2) is 24.3. The summed E-state index contributed by atoms with van der Waals surface area (Å²) in [6.45, 7) is 7.74. The van der Waals surface area contributed by atoms with Crippen molar-refractivity contribution in [2.24, 2.45) is 0 Å². The van der Waals surface area contributed by atoms with Gasteiger partial charge in [0.05, 0.1) is 52.9 Å². The summed E-state index contributed by atoms with van der Waals surface area (Å²) in [5.74, 6) is -0.125. The molecule has 7 nitrogen and oxygen atoms in total. The summed E-state index contributed by atoms with van der Waals surface area (Å²) in [6.07, 6.45) is 8.92. The fourth-order valence-electron chi connectivity index (χ4n) is 2.45. The highest BCUT2D eigenvalue weighted by molar-refractivity contribution is 5.69. The summed E-state index contributed by atoms with van der Waals surface area (Å²) < 4.78 is 26.6. The molecule has 0 amide bonds. The van der Waals surface area contributed by atoms with Crippen molar-refractivity contribution in [3.8, 4) is 0 Å². The van der Waals surface area contributed by atoms with Gasteiger partial charge < -0.3 is 29.0 Å². The molecule has 0 bridgehead atoms. The van der Waals surface area contributed by atoms with Crippen molar-refractivity contribution in [1.82, 2.24) is 5.32 Å². The predicted molar refractivity (Wildman–Crippen MR) is 111 cm³/mol. The number of rotatable bonds is 23. The largest absolute Gasteiger partial charge is 0.463 e. The molecule has 0 saturated heterocycles. The molecular formula is C21H43NO6. The Balaban J connectivity index is 3.11. The van der Waals surface area contributed by atoms with Crippen LogP contribution in [0.15, 0.2) is 0 Å². The molecule has 0 saturated carbocycles. The second-order valence-corrected chi connectivity index (χ2v) is 6.64. The Hall–Kier alpha value is -0.730. The van der Waals surface area contributed by atoms with Gasteiger partial charge in [-0.25, -0.2) is 0 Å². The first-order valence-corrected chi connectivity index (χ1v) is 10.9. The van der Waals surface area contributed by atoms with Crippen molar-refractivity contribution < 1.29 is 28.5 Å². The van der Waals surface area contributed by atoms with Crippen LogP contribution in [0.2, 0.25) is 0 Å². The van der Waals surface area contributed by atoms with Crippen LogP contribution in [0.1, 0.15) is 58.3 Å². The highest BCUT2D eigenvalue weighted by Crippen LogP contribution is 2.08. The number of esters is 1. The van der Waals surface area contributed by atoms with Gasteiger partial charge in [-0.3, -0.25) is 4.79 Å². The average molecular weight is 406 g/mol. The lowest BCUT2D eigenvalue weighted by Gasteiger charge is -2.08. The molecule has 0 spiro atoms. The summed E-state index contributed by atoms with van der Waals surface area (Å²) in [5.41, 5.74) is 0. The van der Waals surface area contributed by atoms with E-state index in [2.05, 4.69) is 12.2 Å². The van der Waals surface area contributed by atoms with Crippen LogP contribution in [0.3, 0.4) is 0 Å². The van der Waals surface area contributed by atoms with Crippen LogP contribution in [-0.4, -0.2) is 79.0 Å². The summed E-state index contributed by atoms with van der Waals surface area (Å²) in [5, 5.41) is 3.01. The maximum atomic E-state index is 11.6. The Kier molecular flexibility index (Phi) is 23.7. The third kappa shape index (κ3) is 23.3. The molecule has 28 heavy (non-hydrogen) atoms. The van der Waals surface area contributed by atoms with E-state index in [9.17, 15) is 4.79 Å². The van der Waals surface area contributed by atoms with Gasteiger partial charge in [-0.1, -0.05) is 45.4 Å². The maximum Gasteiger partial charge on any atom is 0.305 e. The molecule has 0 aliphatic heterocycles. The van der Waals surface area contributed by atoms with Gasteiger partial charge >= 0.3 is 5.97 Å². The molecule has 1 N–H and O–H groups in total. The molecule has 0 aliphatic rings. The van der Waals surface area contributed by atoms with Gasteiger partial charge in [-0.15, -0.1) is 0 Å². The predicted octanol–water partition coefficient (Wildman–Crippen LogP) is 2.96. The Morgan fingerprint density at radius 1 is 0.643 bits per heavy atom. The highest BCUT2D eigenvalue weighted by atomic mass is 16.6. The van der Waals surface area contributed by atoms with Crippen LogP contribution in [0.5, 0.6) is 0 Å². The van der Waals surface area contributed by atoms with Gasteiger partial charge in [0.15, 0.2) is 0 Å². The maximum absolute atomic E-state index is 11.6. The first kappa shape index (κ1) is 27.3. The zero-order chi connectivity index (χ0) is 20.5. The van der Waals surface area contributed by atoms with E-state index in [0.717, 1.165) is 19.4 Å². The summed E-state index contributed by atoms with van der Waals surface area (Å²) in [6, 6.07) is 0. The minimum absolute atomic E-state index is 0.125. The first-order valence-electron chi connectivity index (χ1n) is 10.9. The average Bonchev–Trinajstić information content (AvgIpc) is 2.70. The molecular weight excluding hydrogens is 362 g/mol. The minimum atomic E-state index is -0.125. The van der Waals surface area contributed by atoms with Crippen LogP contribution in [-0.2, 0) is 28.5 Å². The third-order valence-corrected chi connectivity index (χ3v) is 4.09. The molecule has 0 rings (SSSR count). The van der Waals surface area contributed by atoms with Gasteiger partial charge in [0, 0.05) is 13.0 Å². The fraction of sp³-hybridized carbons (Fsp3) is 0.952. The van der Waals surface area contributed by atoms with E-state index in [0.29, 0.717) is 65.9 Å². The first-order chi connectivity index (χ1) is 13.8. The Labute approximate surface area is 171 Å². The van der Waals surface area contributed by atoms with E-state index in [-0.39, 0.29) is 5.97 Å². The number of ether oxygens (including phenoxy) is 5. The van der Waals surface area contributed by atoms with Crippen LogP contribution in [0, 0.1) is 0 Å². The van der Waals surface area contributed by atoms with Crippen molar-refractivity contribution >= 4 is 5.97 Å². The third-order valence-electron chi connectivity index (χ3n) is 4.09. The number of carbonyl (C=O) groups excluding carboxylic acids is 1. The summed E-state index contributed by atoms with van der Waals surface area (Å²) in [4.78, 5) is 11.6. The zero-order valence-electron chi connectivity index (χ0n) is 18.2. The summed E-state index contributed by atoms with van der Waals surface area (Å²) >= 11 is 0. The minimum Gasteiger partial charge on any atom is -0.463 e. The quantitative estimate of drug-likeness (QED) is 0.207. The van der Waals surface area contributed by atoms with E-state index < -0.39 is 0 Å². The van der Waals surface area contributed by atoms with Gasteiger partial charge in [0.25, 0.3) is 0 Å². The van der Waals surface area contributed by atoms with Gasteiger partial charge in [0.1, 0.15) is 6.61 Å². The lowest BCUT2D eigenvalue weighted by molar-refractivity contribution is -0.145. The molecule has 0 aromatic rings. The fourth-order valence-corrected chi connectivity index (χ4v) is 2.45. The molecule has 7 heteroatoms. The Bertz CT molecular complexity index is 317. The van der Waals surface area contributed by atoms with E-state index in [4.69, 9.17) is 23.7 Å². The molecule has 0 aliphatic carbocycles. The van der Waals surface area contributed by atoms with E-state index in [1.54, 1.807) is 0 Å². The van der Waals surface area contributed by atoms with Crippen molar-refractivity contribution in [3.05, 3.63) is 0 Å². The van der Waals surface area contributed by atoms with E-state index in [1.807, 2.05) is 7.05 Å². The van der Waals surface area contributed by atoms with E-state index in [1.165, 1.54) is 32.1 Å². The number of carbonyl (C=O) groups is 1. The molecule has 0 radical (unpaired) electrons. The SMILES string of the molecule is CCCCCCCCCC(=O)OCCOCCOCCOCCOCCNC. The second-order valence-electron chi connectivity index (χ2n) is 6.64. The van der Waals surface area contributed by atoms with Crippen molar-refractivity contribution in [2.75, 3.05) is 73.1 Å². The number of nitrogens with one attached hydrogen (secondary N) is 1. The molecule has 0 unspecified atom stereocenters. The molecule has 0 fully saturated rings. The molecule has 0 heterocycles. The normalized spacial score (nSPS) is 11.1. The number of hydrogen-bond donors (Lipinski definition) is 1. The topological polar surface area (TPSA) is 75.3 Å². The van der Waals surface area contributed by atoms with Crippen LogP contribution >= 0.6 is 0 Å². The lowest BCUT2D eigenvalue weighted by Crippen LogP contribution is -2.17. The monoisotopic (exact) mass is 405 g/mol. The van der Waals surface area contributed by atoms with Gasteiger partial charge in [0.2, 0.25) is 0 Å². The van der Waals surface area contributed by atoms with Crippen molar-refractivity contribution in [1.29, 1.82) is 0 Å². The van der Waals surface area contributed by atoms with Crippen molar-refractivity contribution in [3.63, 3.8) is 0 Å². The smallest absolute Gasteiger partial charge is 0.305 e. The Morgan fingerprint density at radius 2 is 1.11 bits per heavy atom. The number of unbranched alkanes of at least 4 members (excludes halogenated alkanes) is 6. The van der Waals surface area contributed by atoms with Crippen LogP contribution in [0.25, 0.3) is 0 Å². The van der Waals surface area contributed by atoms with E-state index >= 15 is 0 Å². The Morgan fingerprint density at radius 3 is 1.64 bits per heavy atom. The molecule has 168 valence electrons. The van der Waals surface area contributed by atoms with Crippen molar-refractivity contribution in [2.45, 2.75) is 58.3 Å². The number of hydrogen-bond acceptors (Lipinski definition) is 7. The molecule has 0 aromatic carbocycles. The van der Waals surface area contributed by atoms with Gasteiger partial charge in [-0.2, -0.15) is 0 Å². The molecule has 0 atom stereocenters. The summed E-state index contributed by atoms with van der Waals surface area (Å²) in [7, 11) is 1.89.